The zero-order valence-electron chi connectivity index (χ0n) is 13.7. The number of amides is 1. The molecule has 0 atom stereocenters. The number of nitrogens with one attached hydrogen (secondary N) is 1. The van der Waals surface area contributed by atoms with E-state index >= 15 is 0 Å². The van der Waals surface area contributed by atoms with E-state index in [0.717, 1.165) is 4.31 Å². The maximum atomic E-state index is 12.4. The molecule has 0 radical (unpaired) electrons. The maximum absolute atomic E-state index is 12.4. The fourth-order valence-electron chi connectivity index (χ4n) is 2.02. The zero-order valence-corrected chi connectivity index (χ0v) is 14.5. The van der Waals surface area contributed by atoms with Crippen LogP contribution in [-0.2, 0) is 14.8 Å². The van der Waals surface area contributed by atoms with Crippen LogP contribution in [0.15, 0.2) is 59.5 Å². The van der Waals surface area contributed by atoms with Gasteiger partial charge in [-0.1, -0.05) is 24.1 Å². The van der Waals surface area contributed by atoms with Crippen LogP contribution >= 0.6 is 0 Å². The van der Waals surface area contributed by atoms with Gasteiger partial charge >= 0.3 is 0 Å². The van der Waals surface area contributed by atoms with Crippen molar-refractivity contribution >= 4 is 21.6 Å². The van der Waals surface area contributed by atoms with Crippen molar-refractivity contribution in [2.45, 2.75) is 4.90 Å². The second-order valence-corrected chi connectivity index (χ2v) is 7.18. The molecule has 1 N–H and O–H groups in total. The van der Waals surface area contributed by atoms with E-state index in [1.165, 1.54) is 19.2 Å². The Bertz CT molecular complexity index is 856. The second-order valence-electron chi connectivity index (χ2n) is 5.14. The number of hydrogen-bond donors (Lipinski definition) is 1. The van der Waals surface area contributed by atoms with Gasteiger partial charge in [0.2, 0.25) is 15.9 Å². The van der Waals surface area contributed by atoms with E-state index in [2.05, 4.69) is 11.2 Å². The number of ether oxygens (including phenoxy) is 1. The summed E-state index contributed by atoms with van der Waals surface area (Å²) in [4.78, 5) is 12.2. The van der Waals surface area contributed by atoms with E-state index in [4.69, 9.17) is 11.2 Å². The highest BCUT2D eigenvalue weighted by Crippen LogP contribution is 2.16. The summed E-state index contributed by atoms with van der Waals surface area (Å²) in [6.45, 7) is -0.138. The number of nitrogens with zero attached hydrogens (tertiary/aromatic N) is 1. The number of carbonyl (C=O) groups excluding carboxylic acids is 1. The summed E-state index contributed by atoms with van der Waals surface area (Å²) >= 11 is 0. The lowest BCUT2D eigenvalue weighted by atomic mass is 10.3. The largest absolute Gasteiger partial charge is 0.481 e. The van der Waals surface area contributed by atoms with E-state index in [9.17, 15) is 13.2 Å². The maximum Gasteiger partial charge on any atom is 0.243 e. The monoisotopic (exact) mass is 358 g/mol. The van der Waals surface area contributed by atoms with Crippen molar-refractivity contribution in [1.29, 1.82) is 0 Å². The van der Waals surface area contributed by atoms with Crippen LogP contribution in [0.3, 0.4) is 0 Å². The van der Waals surface area contributed by atoms with Crippen LogP contribution in [0.5, 0.6) is 5.75 Å². The lowest BCUT2D eigenvalue weighted by Gasteiger charge is -2.17. The third kappa shape index (κ3) is 5.08. The van der Waals surface area contributed by atoms with Gasteiger partial charge in [0.05, 0.1) is 11.4 Å². The first-order chi connectivity index (χ1) is 11.9. The van der Waals surface area contributed by atoms with Crippen molar-refractivity contribution in [2.75, 3.05) is 25.5 Å². The lowest BCUT2D eigenvalue weighted by Crippen LogP contribution is -2.34. The van der Waals surface area contributed by atoms with Gasteiger partial charge in [0.15, 0.2) is 0 Å². The molecule has 0 saturated heterocycles. The van der Waals surface area contributed by atoms with Gasteiger partial charge in [0, 0.05) is 12.7 Å². The van der Waals surface area contributed by atoms with Crippen LogP contribution in [0.1, 0.15) is 0 Å². The first-order valence-corrected chi connectivity index (χ1v) is 8.85. The second kappa shape index (κ2) is 8.33. The van der Waals surface area contributed by atoms with Gasteiger partial charge in [-0.2, -0.15) is 4.31 Å². The van der Waals surface area contributed by atoms with Gasteiger partial charge in [0.25, 0.3) is 0 Å². The fraction of sp³-hybridized carbons (Fsp3) is 0.167. The molecule has 2 aromatic rings. The summed E-state index contributed by atoms with van der Waals surface area (Å²) in [6.07, 6.45) is 5.11. The molecular weight excluding hydrogens is 340 g/mol. The molecule has 2 rings (SSSR count). The Morgan fingerprint density at radius 1 is 1.16 bits per heavy atom. The minimum atomic E-state index is -3.71. The number of carbonyl (C=O) groups is 1. The average Bonchev–Trinajstić information content (AvgIpc) is 2.61. The number of sulfonamides is 1. The molecule has 0 bridgehead atoms. The molecule has 130 valence electrons. The van der Waals surface area contributed by atoms with Crippen molar-refractivity contribution < 1.29 is 17.9 Å². The number of hydrogen-bond acceptors (Lipinski definition) is 4. The summed E-state index contributed by atoms with van der Waals surface area (Å²) in [7, 11) is -2.35. The van der Waals surface area contributed by atoms with Crippen LogP contribution in [0.25, 0.3) is 0 Å². The molecule has 0 unspecified atom stereocenters. The highest BCUT2D eigenvalue weighted by Gasteiger charge is 2.22. The Hall–Kier alpha value is -2.82. The summed E-state index contributed by atoms with van der Waals surface area (Å²) in [6, 6.07) is 14.6. The Morgan fingerprint density at radius 2 is 1.80 bits per heavy atom. The SMILES string of the molecule is C#CCOc1ccc(NC(=O)CN(C)S(=O)(=O)c2ccccc2)cc1. The van der Waals surface area contributed by atoms with Crippen molar-refractivity contribution in [2.24, 2.45) is 0 Å². The highest BCUT2D eigenvalue weighted by atomic mass is 32.2. The van der Waals surface area contributed by atoms with E-state index in [1.54, 1.807) is 42.5 Å². The molecule has 1 amide bonds. The van der Waals surface area contributed by atoms with Crippen molar-refractivity contribution in [3.63, 3.8) is 0 Å². The molecule has 0 aliphatic carbocycles. The molecular formula is C18H18N2O4S. The molecule has 0 aromatic heterocycles. The van der Waals surface area contributed by atoms with Gasteiger partial charge in [0.1, 0.15) is 12.4 Å². The van der Waals surface area contributed by atoms with Crippen LogP contribution < -0.4 is 10.1 Å². The zero-order chi connectivity index (χ0) is 18.3. The van der Waals surface area contributed by atoms with Gasteiger partial charge in [-0.25, -0.2) is 8.42 Å². The Balaban J connectivity index is 1.97. The molecule has 25 heavy (non-hydrogen) atoms. The molecule has 0 fully saturated rings. The molecule has 7 heteroatoms. The number of rotatable bonds is 7. The quantitative estimate of drug-likeness (QED) is 0.768. The van der Waals surface area contributed by atoms with Crippen LogP contribution in [0.4, 0.5) is 5.69 Å². The third-order valence-electron chi connectivity index (χ3n) is 3.28. The van der Waals surface area contributed by atoms with E-state index in [-0.39, 0.29) is 18.0 Å². The molecule has 0 saturated carbocycles. The molecule has 0 spiro atoms. The average molecular weight is 358 g/mol. The standard InChI is InChI=1S/C18H18N2O4S/c1-3-13-24-16-11-9-15(10-12-16)19-18(21)14-20(2)25(22,23)17-7-5-4-6-8-17/h1,4-12H,13-14H2,2H3,(H,19,21). The van der Waals surface area contributed by atoms with E-state index < -0.39 is 15.9 Å². The van der Waals surface area contributed by atoms with Gasteiger partial charge < -0.3 is 10.1 Å². The van der Waals surface area contributed by atoms with E-state index in [0.29, 0.717) is 11.4 Å². The predicted molar refractivity (Wildman–Crippen MR) is 95.7 cm³/mol. The molecule has 0 heterocycles. The summed E-state index contributed by atoms with van der Waals surface area (Å²) in [5.74, 6) is 2.50. The summed E-state index contributed by atoms with van der Waals surface area (Å²) in [5, 5.41) is 2.64. The Kier molecular flexibility index (Phi) is 6.17. The van der Waals surface area contributed by atoms with Crippen molar-refractivity contribution in [3.8, 4) is 18.1 Å². The topological polar surface area (TPSA) is 75.7 Å². The van der Waals surface area contributed by atoms with Gasteiger partial charge in [-0.15, -0.1) is 6.42 Å². The Labute approximate surface area is 147 Å². The Morgan fingerprint density at radius 3 is 2.40 bits per heavy atom. The summed E-state index contributed by atoms with van der Waals surface area (Å²) < 4.78 is 31.0. The molecule has 0 aliphatic heterocycles. The van der Waals surface area contributed by atoms with Crippen LogP contribution in [0.2, 0.25) is 0 Å². The molecule has 0 aliphatic rings. The molecule has 2 aromatic carbocycles. The van der Waals surface area contributed by atoms with E-state index in [1.807, 2.05) is 0 Å². The normalized spacial score (nSPS) is 10.9. The van der Waals surface area contributed by atoms with Crippen molar-refractivity contribution in [1.82, 2.24) is 4.31 Å². The molecule has 6 nitrogen and oxygen atoms in total. The minimum Gasteiger partial charge on any atom is -0.481 e. The van der Waals surface area contributed by atoms with Crippen LogP contribution in [-0.4, -0.2) is 38.8 Å². The summed E-state index contributed by atoms with van der Waals surface area (Å²) in [5.41, 5.74) is 0.531. The number of likely N-dealkylation sites (N-methyl/N-ethyl adjacent to an activating group) is 1. The predicted octanol–water partition coefficient (Wildman–Crippen LogP) is 1.96. The third-order valence-corrected chi connectivity index (χ3v) is 5.10. The first-order valence-electron chi connectivity index (χ1n) is 7.41. The van der Waals surface area contributed by atoms with Crippen molar-refractivity contribution in [3.05, 3.63) is 54.6 Å². The number of terminal acetylenes is 1. The lowest BCUT2D eigenvalue weighted by molar-refractivity contribution is -0.116. The number of benzene rings is 2. The number of anilines is 1. The highest BCUT2D eigenvalue weighted by molar-refractivity contribution is 7.89. The minimum absolute atomic E-state index is 0.139. The van der Waals surface area contributed by atoms with Gasteiger partial charge in [-0.3, -0.25) is 4.79 Å². The van der Waals surface area contributed by atoms with Crippen LogP contribution in [0, 0.1) is 12.3 Å². The smallest absolute Gasteiger partial charge is 0.243 e. The fourth-order valence-corrected chi connectivity index (χ4v) is 3.17. The first kappa shape index (κ1) is 18.5. The van der Waals surface area contributed by atoms with Gasteiger partial charge in [-0.05, 0) is 36.4 Å².